The van der Waals surface area contributed by atoms with Crippen molar-refractivity contribution in [2.45, 2.75) is 37.8 Å². The Morgan fingerprint density at radius 1 is 1.30 bits per heavy atom. The van der Waals surface area contributed by atoms with E-state index in [2.05, 4.69) is 12.4 Å². The summed E-state index contributed by atoms with van der Waals surface area (Å²) >= 11 is 0. The number of ether oxygens (including phenoxy) is 1. The van der Waals surface area contributed by atoms with E-state index in [1.165, 1.54) is 25.7 Å². The van der Waals surface area contributed by atoms with Gasteiger partial charge in [-0.25, -0.2) is 0 Å². The van der Waals surface area contributed by atoms with Crippen molar-refractivity contribution in [1.82, 2.24) is 0 Å². The Labute approximate surface area is 63.0 Å². The Morgan fingerprint density at radius 2 is 1.90 bits per heavy atom. The van der Waals surface area contributed by atoms with Crippen molar-refractivity contribution in [3.8, 4) is 0 Å². The molecule has 2 heteroatoms. The molecule has 1 rings (SSSR count). The molecule has 60 valence electrons. The third kappa shape index (κ3) is 1.96. The lowest BCUT2D eigenvalue weighted by Crippen LogP contribution is -2.84. The van der Waals surface area contributed by atoms with E-state index < -0.39 is 0 Å². The standard InChI is InChI=1S/C8H17NO/c1-9-7-3-5-8(10-2)6-4-7/h7-8H,1,3-6,9H2,2H3. The summed E-state index contributed by atoms with van der Waals surface area (Å²) in [5.74, 6) is 0. The fourth-order valence-electron chi connectivity index (χ4n) is 1.56. The van der Waals surface area contributed by atoms with Gasteiger partial charge in [0.1, 0.15) is 0 Å². The second-order valence-electron chi connectivity index (χ2n) is 3.01. The molecule has 0 spiro atoms. The Balaban J connectivity index is 2.17. The highest BCUT2D eigenvalue weighted by Crippen LogP contribution is 2.18. The quantitative estimate of drug-likeness (QED) is 0.553. The van der Waals surface area contributed by atoms with Crippen LogP contribution in [0.5, 0.6) is 0 Å². The summed E-state index contributed by atoms with van der Waals surface area (Å²) in [6, 6.07) is 0.756. The van der Waals surface area contributed by atoms with Gasteiger partial charge < -0.3 is 10.1 Å². The van der Waals surface area contributed by atoms with Crippen LogP contribution >= 0.6 is 0 Å². The first-order valence-electron chi connectivity index (χ1n) is 4.02. The van der Waals surface area contributed by atoms with E-state index in [0.717, 1.165) is 6.04 Å². The van der Waals surface area contributed by atoms with Crippen molar-refractivity contribution >= 4 is 0 Å². The van der Waals surface area contributed by atoms with Crippen LogP contribution in [0.3, 0.4) is 0 Å². The van der Waals surface area contributed by atoms with E-state index in [0.29, 0.717) is 6.10 Å². The van der Waals surface area contributed by atoms with Gasteiger partial charge in [-0.15, -0.1) is 0 Å². The molecule has 0 heterocycles. The van der Waals surface area contributed by atoms with Crippen LogP contribution in [0.1, 0.15) is 25.7 Å². The van der Waals surface area contributed by atoms with Gasteiger partial charge in [0.25, 0.3) is 0 Å². The van der Waals surface area contributed by atoms with E-state index in [9.17, 15) is 0 Å². The minimum absolute atomic E-state index is 0.524. The zero-order chi connectivity index (χ0) is 7.40. The van der Waals surface area contributed by atoms with Crippen molar-refractivity contribution in [2.24, 2.45) is 0 Å². The molecule has 0 saturated heterocycles. The van der Waals surface area contributed by atoms with E-state index in [1.807, 2.05) is 0 Å². The minimum Gasteiger partial charge on any atom is -0.476 e. The first-order valence-corrected chi connectivity index (χ1v) is 4.02. The average Bonchev–Trinajstić information content (AvgIpc) is 2.05. The molecule has 0 aromatic carbocycles. The molecule has 0 aliphatic heterocycles. The van der Waals surface area contributed by atoms with Crippen LogP contribution in [0.25, 0.3) is 0 Å². The molecule has 1 fully saturated rings. The summed E-state index contributed by atoms with van der Waals surface area (Å²) in [6.45, 7) is 0. The summed E-state index contributed by atoms with van der Waals surface area (Å²) in [5.41, 5.74) is 0. The monoisotopic (exact) mass is 143 g/mol. The van der Waals surface area contributed by atoms with Gasteiger partial charge in [0, 0.05) is 7.11 Å². The molecule has 0 aromatic rings. The zero-order valence-corrected chi connectivity index (χ0v) is 6.68. The Bertz CT molecular complexity index is 75.3. The smallest absolute Gasteiger partial charge is 0.0622 e. The molecule has 1 aliphatic carbocycles. The zero-order valence-electron chi connectivity index (χ0n) is 6.68. The van der Waals surface area contributed by atoms with E-state index >= 15 is 0 Å². The summed E-state index contributed by atoms with van der Waals surface area (Å²) < 4.78 is 5.25. The SMILES string of the molecule is [CH2-][NH2+]C1CCC(OC)CC1. The van der Waals surface area contributed by atoms with Crippen molar-refractivity contribution in [3.63, 3.8) is 0 Å². The predicted octanol–water partition coefficient (Wildman–Crippen LogP) is 0.299. The van der Waals surface area contributed by atoms with Gasteiger partial charge in [0.15, 0.2) is 0 Å². The fraction of sp³-hybridized carbons (Fsp3) is 0.875. The summed E-state index contributed by atoms with van der Waals surface area (Å²) in [4.78, 5) is 0. The lowest BCUT2D eigenvalue weighted by atomic mass is 9.93. The fourth-order valence-corrected chi connectivity index (χ4v) is 1.56. The molecular formula is C8H17NO. The lowest BCUT2D eigenvalue weighted by molar-refractivity contribution is -0.637. The molecule has 0 aromatic heterocycles. The van der Waals surface area contributed by atoms with E-state index in [4.69, 9.17) is 4.74 Å². The number of quaternary nitrogens is 1. The van der Waals surface area contributed by atoms with Crippen LogP contribution in [0, 0.1) is 7.05 Å². The molecule has 2 N–H and O–H groups in total. The molecule has 1 saturated carbocycles. The van der Waals surface area contributed by atoms with Gasteiger partial charge >= 0.3 is 0 Å². The number of hydrogen-bond donors (Lipinski definition) is 1. The van der Waals surface area contributed by atoms with Crippen molar-refractivity contribution in [3.05, 3.63) is 7.05 Å². The van der Waals surface area contributed by atoms with Gasteiger partial charge in [-0.3, -0.25) is 0 Å². The molecule has 0 bridgehead atoms. The highest BCUT2D eigenvalue weighted by atomic mass is 16.5. The number of methoxy groups -OCH3 is 1. The predicted molar refractivity (Wildman–Crippen MR) is 40.3 cm³/mol. The second-order valence-corrected chi connectivity index (χ2v) is 3.01. The molecule has 0 atom stereocenters. The van der Waals surface area contributed by atoms with E-state index in [-0.39, 0.29) is 0 Å². The van der Waals surface area contributed by atoms with Crippen molar-refractivity contribution in [2.75, 3.05) is 7.11 Å². The van der Waals surface area contributed by atoms with Gasteiger partial charge in [0.05, 0.1) is 12.1 Å². The molecule has 10 heavy (non-hydrogen) atoms. The highest BCUT2D eigenvalue weighted by Gasteiger charge is 2.19. The van der Waals surface area contributed by atoms with E-state index in [1.54, 1.807) is 7.11 Å². The number of nitrogens with two attached hydrogens (primary N) is 1. The summed E-state index contributed by atoms with van der Waals surface area (Å²) in [7, 11) is 5.60. The van der Waals surface area contributed by atoms with Gasteiger partial charge in [-0.2, -0.15) is 7.05 Å². The van der Waals surface area contributed by atoms with Crippen molar-refractivity contribution in [1.29, 1.82) is 0 Å². The normalized spacial score (nSPS) is 34.2. The van der Waals surface area contributed by atoms with Crippen LogP contribution in [-0.2, 0) is 4.74 Å². The van der Waals surface area contributed by atoms with Crippen LogP contribution < -0.4 is 5.32 Å². The molecule has 1 aliphatic rings. The third-order valence-corrected chi connectivity index (χ3v) is 2.39. The molecular weight excluding hydrogens is 126 g/mol. The second kappa shape index (κ2) is 3.94. The maximum Gasteiger partial charge on any atom is 0.0622 e. The topological polar surface area (TPSA) is 25.8 Å². The largest absolute Gasteiger partial charge is 0.476 e. The van der Waals surface area contributed by atoms with Crippen molar-refractivity contribution < 1.29 is 10.1 Å². The molecule has 0 unspecified atom stereocenters. The summed E-state index contributed by atoms with van der Waals surface area (Å²) in [5, 5.41) is 2.08. The Kier molecular flexibility index (Phi) is 3.16. The highest BCUT2D eigenvalue weighted by molar-refractivity contribution is 4.70. The van der Waals surface area contributed by atoms with Crippen LogP contribution in [0.15, 0.2) is 0 Å². The van der Waals surface area contributed by atoms with Crippen LogP contribution in [0.4, 0.5) is 0 Å². The average molecular weight is 143 g/mol. The first kappa shape index (κ1) is 8.02. The molecule has 0 amide bonds. The van der Waals surface area contributed by atoms with Crippen LogP contribution in [-0.4, -0.2) is 19.3 Å². The van der Waals surface area contributed by atoms with Gasteiger partial charge in [-0.1, -0.05) is 0 Å². The Hall–Kier alpha value is -0.0800. The first-order chi connectivity index (χ1) is 4.86. The summed E-state index contributed by atoms with van der Waals surface area (Å²) in [6.07, 6.45) is 5.49. The maximum atomic E-state index is 5.25. The van der Waals surface area contributed by atoms with Gasteiger partial charge in [-0.05, 0) is 25.7 Å². The number of hydrogen-bond acceptors (Lipinski definition) is 1. The molecule has 2 nitrogen and oxygen atoms in total. The third-order valence-electron chi connectivity index (χ3n) is 2.39. The Morgan fingerprint density at radius 3 is 2.30 bits per heavy atom. The lowest BCUT2D eigenvalue weighted by Gasteiger charge is -2.26. The molecule has 0 radical (unpaired) electrons. The van der Waals surface area contributed by atoms with Crippen LogP contribution in [0.2, 0.25) is 0 Å². The van der Waals surface area contributed by atoms with Gasteiger partial charge in [0.2, 0.25) is 0 Å². The number of rotatable bonds is 2. The maximum absolute atomic E-state index is 5.25. The minimum atomic E-state index is 0.524.